The van der Waals surface area contributed by atoms with E-state index in [4.69, 9.17) is 4.74 Å². The van der Waals surface area contributed by atoms with Gasteiger partial charge in [0.25, 0.3) is 5.91 Å². The zero-order chi connectivity index (χ0) is 17.8. The molecule has 1 aliphatic rings. The number of para-hydroxylation sites is 1. The van der Waals surface area contributed by atoms with E-state index in [1.54, 1.807) is 25.1 Å². The summed E-state index contributed by atoms with van der Waals surface area (Å²) in [5, 5.41) is 15.0. The molecule has 3 N–H and O–H groups in total. The molecule has 128 valence electrons. The van der Waals surface area contributed by atoms with Gasteiger partial charge in [0, 0.05) is 0 Å². The minimum Gasteiger partial charge on any atom is -0.487 e. The van der Waals surface area contributed by atoms with E-state index >= 15 is 0 Å². The summed E-state index contributed by atoms with van der Waals surface area (Å²) in [6.45, 7) is 2.06. The Morgan fingerprint density at radius 3 is 2.52 bits per heavy atom. The maximum atomic E-state index is 12.2. The number of benzene rings is 2. The molecule has 0 fully saturated rings. The summed E-state index contributed by atoms with van der Waals surface area (Å²) < 4.78 is 5.86. The zero-order valence-electron chi connectivity index (χ0n) is 13.7. The highest BCUT2D eigenvalue weighted by molar-refractivity contribution is 6.15. The molecular weight excluding hydrogens is 320 g/mol. The Kier molecular flexibility index (Phi) is 4.70. The monoisotopic (exact) mass is 338 g/mol. The van der Waals surface area contributed by atoms with Crippen LogP contribution in [0.3, 0.4) is 0 Å². The number of ether oxygens (including phenoxy) is 1. The summed E-state index contributed by atoms with van der Waals surface area (Å²) in [6, 6.07) is 15.0. The third-order valence-electron chi connectivity index (χ3n) is 3.90. The molecule has 1 aliphatic heterocycles. The van der Waals surface area contributed by atoms with Crippen LogP contribution in [-0.2, 0) is 16.2 Å². The molecule has 1 heterocycles. The number of anilines is 2. The van der Waals surface area contributed by atoms with Crippen molar-refractivity contribution in [1.82, 2.24) is 0 Å². The topological polar surface area (TPSA) is 87.7 Å². The van der Waals surface area contributed by atoms with Crippen LogP contribution in [0.5, 0.6) is 5.75 Å². The van der Waals surface area contributed by atoms with Gasteiger partial charge in [0.15, 0.2) is 0 Å². The molecular formula is C19H18N2O4. The number of carboxylic acid groups (broad SMARTS) is 1. The Morgan fingerprint density at radius 2 is 1.84 bits per heavy atom. The highest BCUT2D eigenvalue weighted by Gasteiger charge is 2.27. The van der Waals surface area contributed by atoms with Crippen LogP contribution < -0.4 is 15.4 Å². The van der Waals surface area contributed by atoms with Crippen LogP contribution >= 0.6 is 0 Å². The Bertz CT molecular complexity index is 844. The van der Waals surface area contributed by atoms with Gasteiger partial charge in [-0.05, 0) is 24.1 Å². The van der Waals surface area contributed by atoms with Gasteiger partial charge < -0.3 is 20.5 Å². The standard InChI is InChI=1S/C19H18N2O4/c1-2-13(19(23)24)16-18(22)20-14-9-6-10-15(17(14)21-16)25-11-12-7-4-3-5-8-12/h3-10,21H,2,11H2,1H3,(H,20,22)(H,23,24). The largest absolute Gasteiger partial charge is 0.487 e. The van der Waals surface area contributed by atoms with Gasteiger partial charge in [0.2, 0.25) is 0 Å². The fourth-order valence-electron chi connectivity index (χ4n) is 2.63. The van der Waals surface area contributed by atoms with Crippen molar-refractivity contribution in [1.29, 1.82) is 0 Å². The SMILES string of the molecule is CCC(C(=O)O)=C1Nc2c(cccc2OCc2ccccc2)NC1=O. The molecule has 2 aromatic carbocycles. The average Bonchev–Trinajstić information content (AvgIpc) is 2.61. The first kappa shape index (κ1) is 16.6. The Hall–Kier alpha value is -3.28. The summed E-state index contributed by atoms with van der Waals surface area (Å²) in [6.07, 6.45) is 0.230. The molecule has 25 heavy (non-hydrogen) atoms. The smallest absolute Gasteiger partial charge is 0.333 e. The first-order chi connectivity index (χ1) is 12.1. The van der Waals surface area contributed by atoms with Gasteiger partial charge in [-0.1, -0.05) is 43.3 Å². The number of nitrogens with one attached hydrogen (secondary N) is 2. The summed E-state index contributed by atoms with van der Waals surface area (Å²) >= 11 is 0. The maximum absolute atomic E-state index is 12.2. The van der Waals surface area contributed by atoms with Crippen LogP contribution in [0, 0.1) is 0 Å². The van der Waals surface area contributed by atoms with E-state index in [9.17, 15) is 14.7 Å². The van der Waals surface area contributed by atoms with Crippen LogP contribution in [0.2, 0.25) is 0 Å². The average molecular weight is 338 g/mol. The third kappa shape index (κ3) is 3.47. The molecule has 0 radical (unpaired) electrons. The zero-order valence-corrected chi connectivity index (χ0v) is 13.7. The Labute approximate surface area is 145 Å². The lowest BCUT2D eigenvalue weighted by Gasteiger charge is -2.24. The highest BCUT2D eigenvalue weighted by Crippen LogP contribution is 2.38. The van der Waals surface area contributed by atoms with E-state index in [1.165, 1.54) is 0 Å². The van der Waals surface area contributed by atoms with Gasteiger partial charge in [0.05, 0.1) is 11.3 Å². The number of aliphatic carboxylic acids is 1. The van der Waals surface area contributed by atoms with Crippen LogP contribution in [0.1, 0.15) is 18.9 Å². The van der Waals surface area contributed by atoms with Gasteiger partial charge in [-0.15, -0.1) is 0 Å². The maximum Gasteiger partial charge on any atom is 0.333 e. The predicted octanol–water partition coefficient (Wildman–Crippen LogP) is 3.38. The van der Waals surface area contributed by atoms with Gasteiger partial charge in [-0.25, -0.2) is 4.79 Å². The quantitative estimate of drug-likeness (QED) is 0.728. The predicted molar refractivity (Wildman–Crippen MR) is 94.4 cm³/mol. The minimum absolute atomic E-state index is 0.0287. The van der Waals surface area contributed by atoms with Crippen molar-refractivity contribution >= 4 is 23.3 Å². The molecule has 0 saturated carbocycles. The van der Waals surface area contributed by atoms with Crippen LogP contribution in [-0.4, -0.2) is 17.0 Å². The van der Waals surface area contributed by atoms with Crippen molar-refractivity contribution in [3.05, 3.63) is 65.4 Å². The first-order valence-electron chi connectivity index (χ1n) is 7.94. The lowest BCUT2D eigenvalue weighted by molar-refractivity contribution is -0.133. The fraction of sp³-hybridized carbons (Fsp3) is 0.158. The lowest BCUT2D eigenvalue weighted by Crippen LogP contribution is -2.29. The molecule has 6 nitrogen and oxygen atoms in total. The minimum atomic E-state index is -1.12. The van der Waals surface area contributed by atoms with E-state index in [2.05, 4.69) is 10.6 Å². The van der Waals surface area contributed by atoms with Gasteiger partial charge >= 0.3 is 5.97 Å². The van der Waals surface area contributed by atoms with Crippen LogP contribution in [0.4, 0.5) is 11.4 Å². The van der Waals surface area contributed by atoms with E-state index in [0.717, 1.165) is 5.56 Å². The van der Waals surface area contributed by atoms with Crippen LogP contribution in [0.15, 0.2) is 59.8 Å². The van der Waals surface area contributed by atoms with E-state index in [-0.39, 0.29) is 17.7 Å². The lowest BCUT2D eigenvalue weighted by atomic mass is 10.1. The van der Waals surface area contributed by atoms with Gasteiger partial charge in [0.1, 0.15) is 23.7 Å². The Balaban J connectivity index is 1.92. The molecule has 0 bridgehead atoms. The molecule has 1 amide bonds. The van der Waals surface area contributed by atoms with Crippen molar-refractivity contribution < 1.29 is 19.4 Å². The number of rotatable bonds is 5. The summed E-state index contributed by atoms with van der Waals surface area (Å²) in [4.78, 5) is 23.6. The van der Waals surface area contributed by atoms with E-state index in [0.29, 0.717) is 23.7 Å². The molecule has 0 unspecified atom stereocenters. The molecule has 0 atom stereocenters. The second kappa shape index (κ2) is 7.09. The molecule has 0 saturated heterocycles. The van der Waals surface area contributed by atoms with Crippen molar-refractivity contribution in [3.8, 4) is 5.75 Å². The fourth-order valence-corrected chi connectivity index (χ4v) is 2.63. The number of carbonyl (C=O) groups is 2. The summed E-state index contributed by atoms with van der Waals surface area (Å²) in [7, 11) is 0. The normalized spacial score (nSPS) is 14.8. The second-order valence-corrected chi connectivity index (χ2v) is 5.54. The molecule has 2 aromatic rings. The summed E-state index contributed by atoms with van der Waals surface area (Å²) in [5.74, 6) is -1.04. The molecule has 3 rings (SSSR count). The highest BCUT2D eigenvalue weighted by atomic mass is 16.5. The molecule has 0 aliphatic carbocycles. The van der Waals surface area contributed by atoms with Crippen molar-refractivity contribution in [2.75, 3.05) is 10.6 Å². The van der Waals surface area contributed by atoms with Crippen molar-refractivity contribution in [2.24, 2.45) is 0 Å². The van der Waals surface area contributed by atoms with E-state index < -0.39 is 11.9 Å². The summed E-state index contributed by atoms with van der Waals surface area (Å²) in [5.41, 5.74) is 2.19. The number of amides is 1. The van der Waals surface area contributed by atoms with Gasteiger partial charge in [-0.2, -0.15) is 0 Å². The van der Waals surface area contributed by atoms with Crippen molar-refractivity contribution in [2.45, 2.75) is 20.0 Å². The molecule has 0 spiro atoms. The second-order valence-electron chi connectivity index (χ2n) is 5.54. The number of hydrogen-bond acceptors (Lipinski definition) is 4. The number of carbonyl (C=O) groups excluding carboxylic acids is 1. The number of hydrogen-bond donors (Lipinski definition) is 3. The molecule has 0 aromatic heterocycles. The first-order valence-corrected chi connectivity index (χ1v) is 7.94. The van der Waals surface area contributed by atoms with Gasteiger partial charge in [-0.3, -0.25) is 4.79 Å². The molecule has 6 heteroatoms. The van der Waals surface area contributed by atoms with Crippen LogP contribution in [0.25, 0.3) is 0 Å². The van der Waals surface area contributed by atoms with Crippen molar-refractivity contribution in [3.63, 3.8) is 0 Å². The Morgan fingerprint density at radius 1 is 1.08 bits per heavy atom. The number of fused-ring (bicyclic) bond motifs is 1. The number of carboxylic acids is 1. The third-order valence-corrected chi connectivity index (χ3v) is 3.90. The van der Waals surface area contributed by atoms with E-state index in [1.807, 2.05) is 30.3 Å².